The van der Waals surface area contributed by atoms with E-state index in [1.54, 1.807) is 0 Å². The van der Waals surface area contributed by atoms with Gasteiger partial charge in [0.25, 0.3) is 6.43 Å². The van der Waals surface area contributed by atoms with E-state index >= 15 is 0 Å². The first kappa shape index (κ1) is 10.8. The van der Waals surface area contributed by atoms with E-state index in [2.05, 4.69) is 5.32 Å². The van der Waals surface area contributed by atoms with E-state index in [1.165, 1.54) is 0 Å². The number of nitrogens with one attached hydrogen (secondary N) is 1. The maximum atomic E-state index is 12.1. The summed E-state index contributed by atoms with van der Waals surface area (Å²) < 4.78 is 24.3. The third-order valence-electron chi connectivity index (χ3n) is 1.64. The van der Waals surface area contributed by atoms with Crippen molar-refractivity contribution in [2.75, 3.05) is 6.54 Å². The summed E-state index contributed by atoms with van der Waals surface area (Å²) in [6.07, 6.45) is 0.222. The Bertz CT molecular complexity index is 86.2. The minimum atomic E-state index is -2.22. The number of alkyl halides is 2. The normalized spacial score (nSPS) is 13.9. The molecular weight excluding hydrogens is 148 g/mol. The lowest BCUT2D eigenvalue weighted by Gasteiger charge is -2.15. The Hall–Kier alpha value is -0.180. The van der Waals surface area contributed by atoms with Gasteiger partial charge in [0, 0.05) is 0 Å². The first-order valence-electron chi connectivity index (χ1n) is 4.23. The van der Waals surface area contributed by atoms with Crippen molar-refractivity contribution in [1.82, 2.24) is 5.32 Å². The largest absolute Gasteiger partial charge is 0.309 e. The van der Waals surface area contributed by atoms with Gasteiger partial charge in [0.2, 0.25) is 0 Å². The molecule has 0 spiro atoms. The van der Waals surface area contributed by atoms with Crippen LogP contribution in [0.25, 0.3) is 0 Å². The number of unbranched alkanes of at least 4 members (excludes halogenated alkanes) is 1. The summed E-state index contributed by atoms with van der Waals surface area (Å²) in [7, 11) is 0. The van der Waals surface area contributed by atoms with Gasteiger partial charge in [-0.3, -0.25) is 0 Å². The molecule has 0 heterocycles. The molecule has 0 aromatic heterocycles. The Morgan fingerprint density at radius 1 is 1.27 bits per heavy atom. The molecule has 0 aliphatic carbocycles. The summed E-state index contributed by atoms with van der Waals surface area (Å²) in [6, 6.07) is -0.597. The van der Waals surface area contributed by atoms with Crippen molar-refractivity contribution < 1.29 is 8.78 Å². The fourth-order valence-electron chi connectivity index (χ4n) is 1.00. The molecule has 0 amide bonds. The highest BCUT2D eigenvalue weighted by atomic mass is 19.3. The van der Waals surface area contributed by atoms with Gasteiger partial charge in [-0.1, -0.05) is 26.7 Å². The monoisotopic (exact) mass is 165 g/mol. The van der Waals surface area contributed by atoms with Crippen molar-refractivity contribution in [1.29, 1.82) is 0 Å². The van der Waals surface area contributed by atoms with Crippen LogP contribution in [-0.2, 0) is 0 Å². The first-order valence-corrected chi connectivity index (χ1v) is 4.23. The summed E-state index contributed by atoms with van der Waals surface area (Å²) in [6.45, 7) is 4.48. The zero-order valence-corrected chi connectivity index (χ0v) is 7.24. The maximum absolute atomic E-state index is 12.1. The summed E-state index contributed by atoms with van der Waals surface area (Å²) in [5.74, 6) is 0. The highest BCUT2D eigenvalue weighted by Crippen LogP contribution is 2.08. The van der Waals surface area contributed by atoms with Gasteiger partial charge in [0.1, 0.15) is 0 Å². The predicted octanol–water partition coefficient (Wildman–Crippen LogP) is 2.42. The van der Waals surface area contributed by atoms with E-state index in [-0.39, 0.29) is 0 Å². The van der Waals surface area contributed by atoms with Crippen LogP contribution in [0.3, 0.4) is 0 Å². The van der Waals surface area contributed by atoms with E-state index < -0.39 is 12.5 Å². The molecule has 3 heteroatoms. The molecule has 1 N–H and O–H groups in total. The van der Waals surface area contributed by atoms with Crippen LogP contribution < -0.4 is 5.32 Å². The van der Waals surface area contributed by atoms with E-state index in [1.807, 2.05) is 13.8 Å². The Labute approximate surface area is 67.2 Å². The molecule has 1 atom stereocenters. The molecule has 0 fully saturated rings. The number of rotatable bonds is 6. The van der Waals surface area contributed by atoms with Crippen molar-refractivity contribution in [2.24, 2.45) is 0 Å². The molecular formula is C8H17F2N. The lowest BCUT2D eigenvalue weighted by atomic mass is 10.1. The van der Waals surface area contributed by atoms with Crippen LogP contribution >= 0.6 is 0 Å². The molecule has 0 aliphatic rings. The fourth-order valence-corrected chi connectivity index (χ4v) is 1.00. The highest BCUT2D eigenvalue weighted by molar-refractivity contribution is 4.67. The van der Waals surface area contributed by atoms with Crippen molar-refractivity contribution in [3.05, 3.63) is 0 Å². The van der Waals surface area contributed by atoms with Gasteiger partial charge in [-0.15, -0.1) is 0 Å². The van der Waals surface area contributed by atoms with Crippen molar-refractivity contribution >= 4 is 0 Å². The molecule has 0 saturated heterocycles. The minimum Gasteiger partial charge on any atom is -0.309 e. The molecule has 11 heavy (non-hydrogen) atoms. The summed E-state index contributed by atoms with van der Waals surface area (Å²) in [4.78, 5) is 0. The average molecular weight is 165 g/mol. The van der Waals surface area contributed by atoms with Crippen LogP contribution in [0.5, 0.6) is 0 Å². The summed E-state index contributed by atoms with van der Waals surface area (Å²) in [5.41, 5.74) is 0. The van der Waals surface area contributed by atoms with Crippen molar-refractivity contribution in [2.45, 2.75) is 45.6 Å². The third kappa shape index (κ3) is 5.13. The quantitative estimate of drug-likeness (QED) is 0.637. The van der Waals surface area contributed by atoms with Gasteiger partial charge in [-0.2, -0.15) is 0 Å². The fraction of sp³-hybridized carbons (Fsp3) is 1.00. The predicted molar refractivity (Wildman–Crippen MR) is 43.0 cm³/mol. The molecule has 0 radical (unpaired) electrons. The van der Waals surface area contributed by atoms with Crippen LogP contribution in [0.1, 0.15) is 33.1 Å². The molecule has 0 bridgehead atoms. The lowest BCUT2D eigenvalue weighted by Crippen LogP contribution is -2.35. The Morgan fingerprint density at radius 2 is 1.91 bits per heavy atom. The van der Waals surface area contributed by atoms with Gasteiger partial charge in [-0.25, -0.2) is 8.78 Å². The number of hydrogen-bond acceptors (Lipinski definition) is 1. The van der Waals surface area contributed by atoms with E-state index in [9.17, 15) is 8.78 Å². The molecule has 0 rings (SSSR count). The molecule has 0 aromatic carbocycles. The van der Waals surface area contributed by atoms with Gasteiger partial charge < -0.3 is 5.32 Å². The molecule has 68 valence electrons. The van der Waals surface area contributed by atoms with Gasteiger partial charge >= 0.3 is 0 Å². The van der Waals surface area contributed by atoms with E-state index in [0.717, 1.165) is 12.8 Å². The zero-order chi connectivity index (χ0) is 8.69. The second kappa shape index (κ2) is 6.53. The first-order chi connectivity index (χ1) is 5.22. The topological polar surface area (TPSA) is 12.0 Å². The van der Waals surface area contributed by atoms with E-state index in [4.69, 9.17) is 0 Å². The molecule has 0 saturated carbocycles. The van der Waals surface area contributed by atoms with Crippen molar-refractivity contribution in [3.63, 3.8) is 0 Å². The summed E-state index contributed by atoms with van der Waals surface area (Å²) in [5, 5.41) is 2.77. The average Bonchev–Trinajstić information content (AvgIpc) is 1.97. The standard InChI is InChI=1S/C8H17F2N/c1-3-5-6-7(8(9)10)11-4-2/h7-8,11H,3-6H2,1-2H3. The Kier molecular flexibility index (Phi) is 6.42. The Morgan fingerprint density at radius 3 is 2.27 bits per heavy atom. The van der Waals surface area contributed by atoms with Crippen LogP contribution in [0.4, 0.5) is 8.78 Å². The Balaban J connectivity index is 3.51. The zero-order valence-electron chi connectivity index (χ0n) is 7.24. The second-order valence-electron chi connectivity index (χ2n) is 2.64. The van der Waals surface area contributed by atoms with Gasteiger partial charge in [0.15, 0.2) is 0 Å². The maximum Gasteiger partial charge on any atom is 0.253 e. The minimum absolute atomic E-state index is 0.585. The SMILES string of the molecule is CCCCC(NCC)C(F)F. The molecule has 1 unspecified atom stereocenters. The van der Waals surface area contributed by atoms with Crippen LogP contribution in [0.15, 0.2) is 0 Å². The molecule has 0 aromatic rings. The smallest absolute Gasteiger partial charge is 0.253 e. The lowest BCUT2D eigenvalue weighted by molar-refractivity contribution is 0.0939. The van der Waals surface area contributed by atoms with Gasteiger partial charge in [0.05, 0.1) is 6.04 Å². The number of hydrogen-bond donors (Lipinski definition) is 1. The molecule has 0 aliphatic heterocycles. The van der Waals surface area contributed by atoms with Crippen molar-refractivity contribution in [3.8, 4) is 0 Å². The van der Waals surface area contributed by atoms with Crippen LogP contribution in [0, 0.1) is 0 Å². The van der Waals surface area contributed by atoms with Crippen LogP contribution in [-0.4, -0.2) is 19.0 Å². The van der Waals surface area contributed by atoms with Crippen LogP contribution in [0.2, 0.25) is 0 Å². The third-order valence-corrected chi connectivity index (χ3v) is 1.64. The highest BCUT2D eigenvalue weighted by Gasteiger charge is 2.17. The molecule has 1 nitrogen and oxygen atoms in total. The van der Waals surface area contributed by atoms with Gasteiger partial charge in [-0.05, 0) is 13.0 Å². The second-order valence-corrected chi connectivity index (χ2v) is 2.64. The van der Waals surface area contributed by atoms with E-state index in [0.29, 0.717) is 13.0 Å². The summed E-state index contributed by atoms with van der Waals surface area (Å²) >= 11 is 0. The number of halogens is 2.